The lowest BCUT2D eigenvalue weighted by Gasteiger charge is -2.20. The highest BCUT2D eigenvalue weighted by Gasteiger charge is 2.34. The minimum absolute atomic E-state index is 0.201. The van der Waals surface area contributed by atoms with Gasteiger partial charge in [-0.3, -0.25) is 4.79 Å². The van der Waals surface area contributed by atoms with Gasteiger partial charge in [0.2, 0.25) is 0 Å². The number of nitrogens with zero attached hydrogens (tertiary/aromatic N) is 3. The van der Waals surface area contributed by atoms with E-state index in [9.17, 15) is 10.1 Å². The summed E-state index contributed by atoms with van der Waals surface area (Å²) in [5.41, 5.74) is 2.51. The Morgan fingerprint density at radius 3 is 2.56 bits per heavy atom. The molecule has 2 aromatic rings. The molecule has 0 bridgehead atoms. The van der Waals surface area contributed by atoms with Crippen LogP contribution < -0.4 is 15.2 Å². The Morgan fingerprint density at radius 1 is 1.32 bits per heavy atom. The number of aryl methyl sites for hydroxylation is 1. The maximum Gasteiger partial charge on any atom is 0.289 e. The van der Waals surface area contributed by atoms with Crippen molar-refractivity contribution >= 4 is 0 Å². The summed E-state index contributed by atoms with van der Waals surface area (Å²) in [6, 6.07) is 10.6. The zero-order valence-corrected chi connectivity index (χ0v) is 14.9. The number of benzene rings is 1. The standard InChI is InChI=1S/C19H22N4O2/c1-13-14(2)21-23(19(24)18(13)10-20)12-22(16-6-7-16)11-15-4-8-17(25-3)9-5-15/h4-5,8-9,16H,6-7,11-12H2,1-3H3/p+1. The Kier molecular flexibility index (Phi) is 4.86. The molecular formula is C19H23N4O2+. The van der Waals surface area contributed by atoms with Gasteiger partial charge in [0, 0.05) is 18.4 Å². The Morgan fingerprint density at radius 2 is 2.00 bits per heavy atom. The monoisotopic (exact) mass is 339 g/mol. The van der Waals surface area contributed by atoms with Crippen LogP contribution in [0.5, 0.6) is 5.75 Å². The van der Waals surface area contributed by atoms with Crippen LogP contribution in [0.1, 0.15) is 35.2 Å². The van der Waals surface area contributed by atoms with Crippen molar-refractivity contribution in [3.05, 3.63) is 57.0 Å². The van der Waals surface area contributed by atoms with Gasteiger partial charge in [-0.05, 0) is 43.7 Å². The van der Waals surface area contributed by atoms with Crippen LogP contribution in [-0.2, 0) is 13.2 Å². The number of rotatable bonds is 6. The Bertz CT molecular complexity index is 861. The second-order valence-electron chi connectivity index (χ2n) is 6.62. The van der Waals surface area contributed by atoms with Crippen LogP contribution in [-0.4, -0.2) is 22.9 Å². The topological polar surface area (TPSA) is 72.3 Å². The van der Waals surface area contributed by atoms with Crippen molar-refractivity contribution < 1.29 is 9.64 Å². The van der Waals surface area contributed by atoms with Crippen LogP contribution in [0, 0.1) is 25.2 Å². The van der Waals surface area contributed by atoms with E-state index in [1.807, 2.05) is 25.1 Å². The molecule has 25 heavy (non-hydrogen) atoms. The molecule has 0 saturated heterocycles. The van der Waals surface area contributed by atoms with Crippen molar-refractivity contribution in [2.45, 2.75) is 45.9 Å². The van der Waals surface area contributed by atoms with Crippen LogP contribution in [0.3, 0.4) is 0 Å². The van der Waals surface area contributed by atoms with E-state index in [0.717, 1.165) is 30.8 Å². The van der Waals surface area contributed by atoms with E-state index in [-0.39, 0.29) is 11.1 Å². The number of hydrogen-bond donors (Lipinski definition) is 1. The van der Waals surface area contributed by atoms with Gasteiger partial charge in [0.1, 0.15) is 23.9 Å². The molecule has 1 saturated carbocycles. The van der Waals surface area contributed by atoms with Gasteiger partial charge in [-0.2, -0.15) is 15.0 Å². The summed E-state index contributed by atoms with van der Waals surface area (Å²) < 4.78 is 6.66. The Hall–Kier alpha value is -2.65. The fourth-order valence-corrected chi connectivity index (χ4v) is 3.03. The first-order valence-corrected chi connectivity index (χ1v) is 8.49. The summed E-state index contributed by atoms with van der Waals surface area (Å²) >= 11 is 0. The van der Waals surface area contributed by atoms with Gasteiger partial charge in [-0.1, -0.05) is 0 Å². The molecule has 0 aliphatic heterocycles. The third kappa shape index (κ3) is 3.72. The largest absolute Gasteiger partial charge is 0.497 e. The maximum atomic E-state index is 12.5. The van der Waals surface area contributed by atoms with E-state index in [1.165, 1.54) is 15.1 Å². The lowest BCUT2D eigenvalue weighted by atomic mass is 10.1. The van der Waals surface area contributed by atoms with Crippen molar-refractivity contribution in [3.8, 4) is 11.8 Å². The van der Waals surface area contributed by atoms with E-state index in [4.69, 9.17) is 4.74 Å². The maximum absolute atomic E-state index is 12.5. The Balaban J connectivity index is 1.84. The summed E-state index contributed by atoms with van der Waals surface area (Å²) in [5.74, 6) is 0.836. The van der Waals surface area contributed by atoms with Crippen molar-refractivity contribution in [2.24, 2.45) is 0 Å². The molecule has 1 aromatic carbocycles. The number of aromatic nitrogens is 2. The highest BCUT2D eigenvalue weighted by Crippen LogP contribution is 2.17. The van der Waals surface area contributed by atoms with Gasteiger partial charge in [0.15, 0.2) is 6.67 Å². The first kappa shape index (κ1) is 17.2. The molecule has 6 nitrogen and oxygen atoms in total. The summed E-state index contributed by atoms with van der Waals surface area (Å²) in [6.45, 7) is 4.91. The molecule has 3 rings (SSSR count). The molecule has 130 valence electrons. The third-order valence-corrected chi connectivity index (χ3v) is 4.85. The lowest BCUT2D eigenvalue weighted by molar-refractivity contribution is -0.947. The highest BCUT2D eigenvalue weighted by atomic mass is 16.5. The van der Waals surface area contributed by atoms with Crippen LogP contribution in [0.4, 0.5) is 0 Å². The van der Waals surface area contributed by atoms with Gasteiger partial charge < -0.3 is 9.64 Å². The molecule has 1 unspecified atom stereocenters. The predicted octanol–water partition coefficient (Wildman–Crippen LogP) is 0.945. The van der Waals surface area contributed by atoms with E-state index < -0.39 is 0 Å². The molecule has 0 amide bonds. The number of quaternary nitrogens is 1. The Labute approximate surface area is 147 Å². The zero-order valence-electron chi connectivity index (χ0n) is 14.9. The number of hydrogen-bond acceptors (Lipinski definition) is 4. The molecule has 0 spiro atoms. The molecule has 1 atom stereocenters. The van der Waals surface area contributed by atoms with Crippen molar-refractivity contribution in [2.75, 3.05) is 7.11 Å². The van der Waals surface area contributed by atoms with Gasteiger partial charge in [0.25, 0.3) is 5.56 Å². The summed E-state index contributed by atoms with van der Waals surface area (Å²) in [7, 11) is 1.65. The van der Waals surface area contributed by atoms with Crippen LogP contribution in [0.25, 0.3) is 0 Å². The van der Waals surface area contributed by atoms with Gasteiger partial charge >= 0.3 is 0 Å². The van der Waals surface area contributed by atoms with E-state index in [2.05, 4.69) is 17.2 Å². The van der Waals surface area contributed by atoms with Gasteiger partial charge in [-0.25, -0.2) is 0 Å². The smallest absolute Gasteiger partial charge is 0.289 e. The van der Waals surface area contributed by atoms with E-state index in [1.54, 1.807) is 14.0 Å². The summed E-state index contributed by atoms with van der Waals surface area (Å²) in [4.78, 5) is 13.8. The second-order valence-corrected chi connectivity index (χ2v) is 6.62. The first-order valence-electron chi connectivity index (χ1n) is 8.49. The van der Waals surface area contributed by atoms with Gasteiger partial charge in [0.05, 0.1) is 18.8 Å². The second kappa shape index (κ2) is 7.08. The van der Waals surface area contributed by atoms with Crippen LogP contribution in [0.2, 0.25) is 0 Å². The number of methoxy groups -OCH3 is 1. The third-order valence-electron chi connectivity index (χ3n) is 4.85. The molecule has 6 heteroatoms. The van der Waals surface area contributed by atoms with Crippen molar-refractivity contribution in [3.63, 3.8) is 0 Å². The fraction of sp³-hybridized carbons (Fsp3) is 0.421. The fourth-order valence-electron chi connectivity index (χ4n) is 3.03. The van der Waals surface area contributed by atoms with Crippen LogP contribution in [0.15, 0.2) is 29.1 Å². The molecule has 0 radical (unpaired) electrons. The van der Waals surface area contributed by atoms with E-state index in [0.29, 0.717) is 18.3 Å². The molecule has 1 fully saturated rings. The molecular weight excluding hydrogens is 316 g/mol. The highest BCUT2D eigenvalue weighted by molar-refractivity contribution is 5.36. The molecule has 1 N–H and O–H groups in total. The lowest BCUT2D eigenvalue weighted by Crippen LogP contribution is -3.11. The van der Waals surface area contributed by atoms with E-state index >= 15 is 0 Å². The average molecular weight is 339 g/mol. The van der Waals surface area contributed by atoms with Crippen LogP contribution >= 0.6 is 0 Å². The van der Waals surface area contributed by atoms with Crippen molar-refractivity contribution in [1.29, 1.82) is 5.26 Å². The quantitative estimate of drug-likeness (QED) is 0.850. The zero-order chi connectivity index (χ0) is 18.0. The predicted molar refractivity (Wildman–Crippen MR) is 93.4 cm³/mol. The number of nitriles is 1. The first-order chi connectivity index (χ1) is 12.0. The molecule has 1 aliphatic rings. The summed E-state index contributed by atoms with van der Waals surface area (Å²) in [6.07, 6.45) is 2.33. The average Bonchev–Trinajstić information content (AvgIpc) is 3.45. The summed E-state index contributed by atoms with van der Waals surface area (Å²) in [5, 5.41) is 13.7. The molecule has 1 aliphatic carbocycles. The van der Waals surface area contributed by atoms with Gasteiger partial charge in [-0.15, -0.1) is 0 Å². The normalized spacial score (nSPS) is 14.8. The number of nitrogens with one attached hydrogen (secondary N) is 1. The SMILES string of the molecule is COc1ccc(C[NH+](Cn2nc(C)c(C)c(C#N)c2=O)C2CC2)cc1. The minimum atomic E-state index is -0.293. The minimum Gasteiger partial charge on any atom is -0.497 e. The number of ether oxygens (including phenoxy) is 1. The molecule has 1 heterocycles. The van der Waals surface area contributed by atoms with Crippen molar-refractivity contribution in [1.82, 2.24) is 9.78 Å². The molecule has 1 aromatic heterocycles.